The Bertz CT molecular complexity index is 601. The van der Waals surface area contributed by atoms with Gasteiger partial charge in [0.25, 0.3) is 0 Å². The molecule has 2 N–H and O–H groups in total. The first-order valence-corrected chi connectivity index (χ1v) is 5.68. The molecule has 1 aromatic carbocycles. The van der Waals surface area contributed by atoms with Crippen molar-refractivity contribution in [1.29, 1.82) is 0 Å². The Balaban J connectivity index is 2.31. The van der Waals surface area contributed by atoms with Crippen molar-refractivity contribution in [3.63, 3.8) is 0 Å². The first-order chi connectivity index (χ1) is 8.56. The molecule has 92 valence electrons. The number of hydrogen-bond donors (Lipinski definition) is 1. The standard InChI is InChI=1S/C13H11FN2OS/c1-8-5-6-9(14)11(7-8)17-12-4-2-3-10(16-12)13(15)18/h2-7H,1H3,(H2,15,18). The Labute approximate surface area is 109 Å². The highest BCUT2D eigenvalue weighted by Crippen LogP contribution is 2.24. The van der Waals surface area contributed by atoms with Crippen molar-refractivity contribution in [2.75, 3.05) is 0 Å². The van der Waals surface area contributed by atoms with Gasteiger partial charge in [0.2, 0.25) is 5.88 Å². The predicted octanol–water partition coefficient (Wildman–Crippen LogP) is 2.96. The van der Waals surface area contributed by atoms with E-state index in [9.17, 15) is 4.39 Å². The van der Waals surface area contributed by atoms with E-state index in [2.05, 4.69) is 4.98 Å². The highest BCUT2D eigenvalue weighted by atomic mass is 32.1. The number of nitrogens with two attached hydrogens (primary N) is 1. The third-order valence-corrected chi connectivity index (χ3v) is 2.49. The molecule has 0 radical (unpaired) electrons. The Morgan fingerprint density at radius 2 is 2.11 bits per heavy atom. The molecule has 0 fully saturated rings. The van der Waals surface area contributed by atoms with Crippen molar-refractivity contribution in [3.05, 3.63) is 53.5 Å². The van der Waals surface area contributed by atoms with Crippen molar-refractivity contribution in [3.8, 4) is 11.6 Å². The van der Waals surface area contributed by atoms with Crippen LogP contribution in [-0.4, -0.2) is 9.97 Å². The minimum atomic E-state index is -0.442. The van der Waals surface area contributed by atoms with E-state index in [1.807, 2.05) is 6.92 Å². The molecule has 0 bridgehead atoms. The van der Waals surface area contributed by atoms with E-state index in [0.29, 0.717) is 5.69 Å². The molecule has 1 aromatic heterocycles. The summed E-state index contributed by atoms with van der Waals surface area (Å²) in [6.07, 6.45) is 0. The van der Waals surface area contributed by atoms with Crippen LogP contribution >= 0.6 is 12.2 Å². The molecule has 0 atom stereocenters. The largest absolute Gasteiger partial charge is 0.436 e. The molecule has 0 aliphatic heterocycles. The van der Waals surface area contributed by atoms with Gasteiger partial charge < -0.3 is 10.5 Å². The number of thiocarbonyl (C=S) groups is 1. The average Bonchev–Trinajstić information content (AvgIpc) is 2.34. The van der Waals surface area contributed by atoms with Crippen molar-refractivity contribution in [2.24, 2.45) is 5.73 Å². The zero-order valence-electron chi connectivity index (χ0n) is 9.68. The second kappa shape index (κ2) is 5.10. The number of hydrogen-bond acceptors (Lipinski definition) is 3. The third kappa shape index (κ3) is 2.81. The fraction of sp³-hybridized carbons (Fsp3) is 0.0769. The molecule has 1 heterocycles. The van der Waals surface area contributed by atoms with Crippen molar-refractivity contribution in [1.82, 2.24) is 4.98 Å². The summed E-state index contributed by atoms with van der Waals surface area (Å²) in [5.41, 5.74) is 6.81. The molecule has 2 aromatic rings. The minimum absolute atomic E-state index is 0.127. The number of aromatic nitrogens is 1. The zero-order chi connectivity index (χ0) is 13.1. The van der Waals surface area contributed by atoms with Crippen molar-refractivity contribution >= 4 is 17.2 Å². The van der Waals surface area contributed by atoms with E-state index in [1.165, 1.54) is 6.07 Å². The van der Waals surface area contributed by atoms with Crippen molar-refractivity contribution < 1.29 is 9.13 Å². The van der Waals surface area contributed by atoms with Gasteiger partial charge in [-0.1, -0.05) is 24.4 Å². The summed E-state index contributed by atoms with van der Waals surface area (Å²) in [6, 6.07) is 9.60. The lowest BCUT2D eigenvalue weighted by molar-refractivity contribution is 0.427. The molecule has 2 rings (SSSR count). The normalized spacial score (nSPS) is 10.1. The number of rotatable bonds is 3. The second-order valence-corrected chi connectivity index (χ2v) is 4.20. The smallest absolute Gasteiger partial charge is 0.220 e. The molecule has 0 saturated heterocycles. The van der Waals surface area contributed by atoms with E-state index in [4.69, 9.17) is 22.7 Å². The monoisotopic (exact) mass is 262 g/mol. The number of benzene rings is 1. The van der Waals surface area contributed by atoms with Gasteiger partial charge in [-0.05, 0) is 30.7 Å². The maximum absolute atomic E-state index is 13.5. The van der Waals surface area contributed by atoms with Crippen LogP contribution in [0.3, 0.4) is 0 Å². The van der Waals surface area contributed by atoms with E-state index >= 15 is 0 Å². The Morgan fingerprint density at radius 3 is 2.83 bits per heavy atom. The van der Waals surface area contributed by atoms with Crippen molar-refractivity contribution in [2.45, 2.75) is 6.92 Å². The summed E-state index contributed by atoms with van der Waals surface area (Å²) in [5.74, 6) is -0.0597. The highest BCUT2D eigenvalue weighted by Gasteiger charge is 2.07. The minimum Gasteiger partial charge on any atom is -0.436 e. The van der Waals surface area contributed by atoms with Gasteiger partial charge in [-0.25, -0.2) is 9.37 Å². The molecule has 5 heteroatoms. The SMILES string of the molecule is Cc1ccc(F)c(Oc2cccc(C(N)=S)n2)c1. The van der Waals surface area contributed by atoms with Crippen LogP contribution in [0, 0.1) is 12.7 Å². The molecule has 3 nitrogen and oxygen atoms in total. The lowest BCUT2D eigenvalue weighted by Gasteiger charge is -2.07. The molecule has 0 spiro atoms. The summed E-state index contributed by atoms with van der Waals surface area (Å²) in [6.45, 7) is 1.85. The predicted molar refractivity (Wildman–Crippen MR) is 71.3 cm³/mol. The van der Waals surface area contributed by atoms with Crippen LogP contribution in [0.15, 0.2) is 36.4 Å². The maximum Gasteiger partial charge on any atom is 0.220 e. The lowest BCUT2D eigenvalue weighted by Crippen LogP contribution is -2.11. The fourth-order valence-corrected chi connectivity index (χ4v) is 1.52. The van der Waals surface area contributed by atoms with Crippen LogP contribution in [-0.2, 0) is 0 Å². The van der Waals surface area contributed by atoms with Gasteiger partial charge in [-0.2, -0.15) is 0 Å². The summed E-state index contributed by atoms with van der Waals surface area (Å²) in [7, 11) is 0. The third-order valence-electron chi connectivity index (χ3n) is 2.28. The van der Waals surface area contributed by atoms with Gasteiger partial charge in [0.1, 0.15) is 10.7 Å². The van der Waals surface area contributed by atoms with Gasteiger partial charge in [0, 0.05) is 6.07 Å². The topological polar surface area (TPSA) is 48.1 Å². The molecular formula is C13H11FN2OS. The first-order valence-electron chi connectivity index (χ1n) is 5.27. The Kier molecular flexibility index (Phi) is 3.53. The van der Waals surface area contributed by atoms with Gasteiger partial charge in [0.15, 0.2) is 11.6 Å². The summed E-state index contributed by atoms with van der Waals surface area (Å²) in [5, 5.41) is 0. The zero-order valence-corrected chi connectivity index (χ0v) is 10.5. The van der Waals surface area contributed by atoms with Gasteiger partial charge in [-0.15, -0.1) is 0 Å². The highest BCUT2D eigenvalue weighted by molar-refractivity contribution is 7.80. The van der Waals surface area contributed by atoms with Gasteiger partial charge in [0.05, 0.1) is 0 Å². The number of nitrogens with zero attached hydrogens (tertiary/aromatic N) is 1. The lowest BCUT2D eigenvalue weighted by atomic mass is 10.2. The molecule has 0 amide bonds. The van der Waals surface area contributed by atoms with E-state index in [1.54, 1.807) is 30.3 Å². The first kappa shape index (κ1) is 12.4. The quantitative estimate of drug-likeness (QED) is 0.864. The second-order valence-electron chi connectivity index (χ2n) is 3.76. The van der Waals surface area contributed by atoms with Crippen LogP contribution in [0.1, 0.15) is 11.3 Å². The Hall–Kier alpha value is -2.01. The summed E-state index contributed by atoms with van der Waals surface area (Å²) < 4.78 is 18.9. The average molecular weight is 262 g/mol. The van der Waals surface area contributed by atoms with E-state index in [-0.39, 0.29) is 16.6 Å². The molecule has 0 aliphatic carbocycles. The molecule has 0 saturated carbocycles. The molecule has 18 heavy (non-hydrogen) atoms. The van der Waals surface area contributed by atoms with Gasteiger partial charge in [-0.3, -0.25) is 0 Å². The number of pyridine rings is 1. The van der Waals surface area contributed by atoms with E-state index in [0.717, 1.165) is 5.56 Å². The van der Waals surface area contributed by atoms with Gasteiger partial charge >= 0.3 is 0 Å². The van der Waals surface area contributed by atoms with Crippen LogP contribution in [0.25, 0.3) is 0 Å². The number of halogens is 1. The molecule has 0 aliphatic rings. The van der Waals surface area contributed by atoms with Crippen LogP contribution < -0.4 is 10.5 Å². The van der Waals surface area contributed by atoms with Crippen LogP contribution in [0.4, 0.5) is 4.39 Å². The number of ether oxygens (including phenoxy) is 1. The maximum atomic E-state index is 13.5. The Morgan fingerprint density at radius 1 is 1.33 bits per heavy atom. The molecule has 0 unspecified atom stereocenters. The number of aryl methyl sites for hydroxylation is 1. The van der Waals surface area contributed by atoms with Crippen LogP contribution in [0.5, 0.6) is 11.6 Å². The summed E-state index contributed by atoms with van der Waals surface area (Å²) >= 11 is 4.82. The summed E-state index contributed by atoms with van der Waals surface area (Å²) in [4.78, 5) is 4.25. The fourth-order valence-electron chi connectivity index (χ4n) is 1.41. The van der Waals surface area contributed by atoms with E-state index < -0.39 is 5.82 Å². The molecular weight excluding hydrogens is 251 g/mol. The van der Waals surface area contributed by atoms with Crippen LogP contribution in [0.2, 0.25) is 0 Å².